The largest absolute Gasteiger partial charge is 0.497 e. The van der Waals surface area contributed by atoms with Crippen LogP contribution in [0, 0.1) is 28.6 Å². The van der Waals surface area contributed by atoms with Gasteiger partial charge in [0.25, 0.3) is 0 Å². The molecule has 0 aromatic heterocycles. The van der Waals surface area contributed by atoms with Gasteiger partial charge in [0, 0.05) is 49.7 Å². The molecule has 0 amide bonds. The predicted molar refractivity (Wildman–Crippen MR) is 313 cm³/mol. The molecule has 2 aromatic carbocycles. The second-order valence-electron chi connectivity index (χ2n) is 28.6. The smallest absolute Gasteiger partial charge is 0.311 e. The van der Waals surface area contributed by atoms with Crippen LogP contribution in [0.3, 0.4) is 0 Å². The Morgan fingerprint density at radius 1 is 0.733 bits per heavy atom. The van der Waals surface area contributed by atoms with Crippen LogP contribution in [-0.4, -0.2) is 107 Å². The maximum Gasteiger partial charge on any atom is 0.311 e. The van der Waals surface area contributed by atoms with Crippen molar-refractivity contribution in [2.75, 3.05) is 27.4 Å². The highest BCUT2D eigenvalue weighted by atomic mass is 28.4. The van der Waals surface area contributed by atoms with E-state index in [1.165, 1.54) is 0 Å². The molecule has 0 N–H and O–H groups in total. The van der Waals surface area contributed by atoms with Crippen LogP contribution in [0.5, 0.6) is 5.75 Å². The fraction of sp³-hybridized carbons (Fsp3) is 0.787. The number of hydrogen-bond donors (Lipinski definition) is 0. The van der Waals surface area contributed by atoms with Gasteiger partial charge in [0.05, 0.1) is 69.0 Å². The zero-order valence-electron chi connectivity index (χ0n) is 51.9. The number of carbonyl (C=O) groups is 1. The van der Waals surface area contributed by atoms with Crippen LogP contribution in [0.4, 0.5) is 0 Å². The lowest BCUT2D eigenvalue weighted by Gasteiger charge is -2.53. The fourth-order valence-electron chi connectivity index (χ4n) is 9.62. The van der Waals surface area contributed by atoms with Gasteiger partial charge in [0.2, 0.25) is 0 Å². The molecule has 11 atom stereocenters. The van der Waals surface area contributed by atoms with Gasteiger partial charge in [-0.25, -0.2) is 0 Å². The van der Waals surface area contributed by atoms with Crippen molar-refractivity contribution in [2.45, 2.75) is 253 Å². The zero-order valence-corrected chi connectivity index (χ0v) is 54.9. The number of benzene rings is 2. The summed E-state index contributed by atoms with van der Waals surface area (Å²) in [5.74, 6) is -0.784. The quantitative estimate of drug-likeness (QED) is 0.0569. The summed E-state index contributed by atoms with van der Waals surface area (Å²) >= 11 is 0. The Morgan fingerprint density at radius 2 is 1.28 bits per heavy atom. The van der Waals surface area contributed by atoms with Gasteiger partial charge in [-0.15, -0.1) is 0 Å². The molecule has 2 aliphatic heterocycles. The Kier molecular flexibility index (Phi) is 22.1. The third-order valence-corrected chi connectivity index (χ3v) is 31.7. The topological polar surface area (TPSA) is 109 Å². The second kappa shape index (κ2) is 25.2. The van der Waals surface area contributed by atoms with E-state index < -0.39 is 59.9 Å². The van der Waals surface area contributed by atoms with Crippen LogP contribution in [-0.2, 0) is 59.7 Å². The summed E-state index contributed by atoms with van der Waals surface area (Å²) < 4.78 is 70.1. The van der Waals surface area contributed by atoms with Crippen LogP contribution >= 0.6 is 0 Å². The van der Waals surface area contributed by atoms with Gasteiger partial charge < -0.3 is 46.4 Å². The van der Waals surface area contributed by atoms with Gasteiger partial charge in [-0.1, -0.05) is 139 Å². The molecule has 2 fully saturated rings. The van der Waals surface area contributed by atoms with Crippen molar-refractivity contribution in [3.8, 4) is 5.75 Å². The summed E-state index contributed by atoms with van der Waals surface area (Å²) in [5, 5.41) is -0.179. The molecule has 430 valence electrons. The molecule has 0 radical (unpaired) electrons. The summed E-state index contributed by atoms with van der Waals surface area (Å²) in [6.45, 7) is 53.0. The molecule has 11 nitrogen and oxygen atoms in total. The Hall–Kier alpha value is -1.96. The number of ether oxygens (including phenoxy) is 7. The van der Waals surface area contributed by atoms with Crippen molar-refractivity contribution in [2.24, 2.45) is 28.6 Å². The minimum Gasteiger partial charge on any atom is -0.497 e. The molecule has 1 spiro atoms. The monoisotopic (exact) mass is 1100 g/mol. The van der Waals surface area contributed by atoms with Gasteiger partial charge >= 0.3 is 5.97 Å². The summed E-state index contributed by atoms with van der Waals surface area (Å²) in [7, 11) is -3.66. The van der Waals surface area contributed by atoms with E-state index in [9.17, 15) is 4.79 Å². The average molecular weight is 1100 g/mol. The fourth-order valence-corrected chi connectivity index (χ4v) is 13.9. The number of rotatable bonds is 24. The normalized spacial score (nSPS) is 25.2. The van der Waals surface area contributed by atoms with Gasteiger partial charge in [-0.3, -0.25) is 4.79 Å². The van der Waals surface area contributed by atoms with Crippen LogP contribution in [0.25, 0.3) is 0 Å². The van der Waals surface area contributed by atoms with Crippen molar-refractivity contribution < 1.29 is 51.2 Å². The van der Waals surface area contributed by atoms with Gasteiger partial charge in [0.1, 0.15) is 11.9 Å². The highest BCUT2D eigenvalue weighted by Crippen LogP contribution is 2.57. The summed E-state index contributed by atoms with van der Waals surface area (Å²) in [4.78, 5) is 13.3. The molecule has 2 saturated heterocycles. The molecule has 75 heavy (non-hydrogen) atoms. The second-order valence-corrected chi connectivity index (χ2v) is 42.8. The lowest BCUT2D eigenvalue weighted by Crippen LogP contribution is -2.60. The number of hydrogen-bond acceptors (Lipinski definition) is 11. The third kappa shape index (κ3) is 16.3. The molecule has 2 heterocycles. The van der Waals surface area contributed by atoms with Gasteiger partial charge in [-0.05, 0) is 105 Å². The maximum absolute atomic E-state index is 13.3. The number of methoxy groups -OCH3 is 2. The van der Waals surface area contributed by atoms with Crippen molar-refractivity contribution in [1.29, 1.82) is 0 Å². The standard InChI is InChI=1S/C61H108O11Si3/c1-42(39-67-55(62)56(4,5)6)52(72-75(24,25)59(13,14)15)44(3)49(70-73(20,21)57(7,8)9)37-50(64-19)53-54(66-41-46-31-33-47(63-18)34-32-46)60(16,17)61(69-53)38-51(71-74(22,23)58(10,11)12)43(2)48(68-61)35-36-65-40-45-29-27-26-28-30-45/h26-34,42-44,48-54H,35-41H2,1-25H3/t42-,43-,44+,48+,49+,50+,51-,52-,53-,54+,61-/m0/s1. The van der Waals surface area contributed by atoms with Crippen LogP contribution in [0.2, 0.25) is 54.4 Å². The zero-order chi connectivity index (χ0) is 57.0. The van der Waals surface area contributed by atoms with E-state index in [4.69, 9.17) is 46.4 Å². The molecule has 0 bridgehead atoms. The van der Waals surface area contributed by atoms with Crippen molar-refractivity contribution >= 4 is 30.9 Å². The highest BCUT2D eigenvalue weighted by Gasteiger charge is 2.68. The highest BCUT2D eigenvalue weighted by molar-refractivity contribution is 6.75. The predicted octanol–water partition coefficient (Wildman–Crippen LogP) is 15.2. The van der Waals surface area contributed by atoms with Crippen LogP contribution in [0.1, 0.15) is 148 Å². The lowest BCUT2D eigenvalue weighted by atomic mass is 9.72. The summed E-state index contributed by atoms with van der Waals surface area (Å²) in [6.07, 6.45) is -0.914. The van der Waals surface area contributed by atoms with E-state index >= 15 is 0 Å². The first-order valence-corrected chi connectivity index (χ1v) is 36.9. The summed E-state index contributed by atoms with van der Waals surface area (Å²) in [5.41, 5.74) is 0.815. The molecule has 2 aromatic rings. The van der Waals surface area contributed by atoms with E-state index in [-0.39, 0.29) is 69.9 Å². The maximum atomic E-state index is 13.3. The van der Waals surface area contributed by atoms with Crippen molar-refractivity contribution in [1.82, 2.24) is 0 Å². The first kappa shape index (κ1) is 65.6. The lowest BCUT2D eigenvalue weighted by molar-refractivity contribution is -0.335. The Morgan fingerprint density at radius 3 is 1.80 bits per heavy atom. The van der Waals surface area contributed by atoms with E-state index in [1.807, 2.05) is 51.1 Å². The molecule has 2 aliphatic rings. The van der Waals surface area contributed by atoms with Gasteiger partial charge in [0.15, 0.2) is 30.7 Å². The molecule has 4 rings (SSSR count). The Balaban J connectivity index is 1.88. The SMILES string of the molecule is COc1ccc(CO[C@@H]2[C@H]([C@@H](C[C@@H](O[Si](C)(C)C(C)(C)C)[C@@H](C)[C@@H](O[Si](C)(C)C(C)(C)C)[C@@H](C)COC(=O)C(C)(C)C)OC)O[C@@]3(C[C@H](O[Si](C)(C)C(C)(C)C)[C@@H](C)[C@@H](CCOCc4ccccc4)O3)C2(C)C)cc1. The first-order chi connectivity index (χ1) is 34.2. The molecule has 0 saturated carbocycles. The van der Waals surface area contributed by atoms with Crippen LogP contribution < -0.4 is 4.74 Å². The van der Waals surface area contributed by atoms with E-state index in [2.05, 4.69) is 160 Å². The molecular weight excluding hydrogens is 993 g/mol. The van der Waals surface area contributed by atoms with Crippen molar-refractivity contribution in [3.05, 3.63) is 65.7 Å². The third-order valence-electron chi connectivity index (χ3n) is 18.2. The number of esters is 1. The summed E-state index contributed by atoms with van der Waals surface area (Å²) in [6, 6.07) is 18.4. The molecule has 0 aliphatic carbocycles. The number of carbonyl (C=O) groups excluding carboxylic acids is 1. The molecular formula is C61H108O11Si3. The Bertz CT molecular complexity index is 2070. The first-order valence-electron chi connectivity index (χ1n) is 28.2. The Labute approximate surface area is 460 Å². The molecule has 0 unspecified atom stereocenters. The van der Waals surface area contributed by atoms with Crippen LogP contribution in [0.15, 0.2) is 54.6 Å². The van der Waals surface area contributed by atoms with Crippen molar-refractivity contribution in [3.63, 3.8) is 0 Å². The minimum atomic E-state index is -2.46. The van der Waals surface area contributed by atoms with Gasteiger partial charge in [-0.2, -0.15) is 0 Å². The average Bonchev–Trinajstić information content (AvgIpc) is 3.50. The van der Waals surface area contributed by atoms with E-state index in [0.717, 1.165) is 16.9 Å². The van der Waals surface area contributed by atoms with E-state index in [1.54, 1.807) is 14.2 Å². The molecule has 14 heteroatoms. The minimum absolute atomic E-state index is 0.0139. The van der Waals surface area contributed by atoms with E-state index in [0.29, 0.717) is 39.1 Å².